The summed E-state index contributed by atoms with van der Waals surface area (Å²) in [6, 6.07) is 1.95. The second-order valence-electron chi connectivity index (χ2n) is 4.80. The lowest BCUT2D eigenvalue weighted by molar-refractivity contribution is -0.137. The molecule has 1 N–H and O–H groups in total. The summed E-state index contributed by atoms with van der Waals surface area (Å²) in [5.74, 6) is 0.654. The first-order valence-electron chi connectivity index (χ1n) is 6.61. The zero-order valence-corrected chi connectivity index (χ0v) is 12.8. The average molecular weight is 319 g/mol. The van der Waals surface area contributed by atoms with E-state index in [9.17, 15) is 4.79 Å². The Kier molecular flexibility index (Phi) is 3.76. The van der Waals surface area contributed by atoms with Crippen molar-refractivity contribution in [1.29, 1.82) is 0 Å². The van der Waals surface area contributed by atoms with Gasteiger partial charge in [-0.25, -0.2) is 0 Å². The monoisotopic (exact) mass is 319 g/mol. The molecule has 0 saturated heterocycles. The molecule has 0 atom stereocenters. The van der Waals surface area contributed by atoms with Crippen LogP contribution < -0.4 is 0 Å². The maximum Gasteiger partial charge on any atom is 0.303 e. The quantitative estimate of drug-likeness (QED) is 0.770. The van der Waals surface area contributed by atoms with Crippen LogP contribution >= 0.6 is 11.3 Å². The van der Waals surface area contributed by atoms with E-state index in [-0.39, 0.29) is 12.8 Å². The van der Waals surface area contributed by atoms with Crippen molar-refractivity contribution in [3.63, 3.8) is 0 Å². The number of carbonyl (C=O) groups is 1. The molecule has 0 unspecified atom stereocenters. The molecule has 0 bridgehead atoms. The Morgan fingerprint density at radius 1 is 1.32 bits per heavy atom. The van der Waals surface area contributed by atoms with Gasteiger partial charge in [0, 0.05) is 12.0 Å². The Balaban J connectivity index is 1.84. The number of carboxylic acids is 1. The summed E-state index contributed by atoms with van der Waals surface area (Å²) >= 11 is 1.49. The molecule has 7 nitrogen and oxygen atoms in total. The van der Waals surface area contributed by atoms with Gasteiger partial charge in [-0.15, -0.1) is 11.3 Å². The van der Waals surface area contributed by atoms with Crippen molar-refractivity contribution in [3.8, 4) is 21.8 Å². The maximum atomic E-state index is 10.5. The first-order valence-corrected chi connectivity index (χ1v) is 7.49. The molecular formula is C14H13N3O4S. The molecule has 0 saturated carbocycles. The molecule has 0 spiro atoms. The minimum Gasteiger partial charge on any atom is -0.481 e. The minimum atomic E-state index is -0.892. The second kappa shape index (κ2) is 5.72. The summed E-state index contributed by atoms with van der Waals surface area (Å²) < 4.78 is 10.2. The fourth-order valence-electron chi connectivity index (χ4n) is 2.15. The van der Waals surface area contributed by atoms with Crippen LogP contribution in [0.1, 0.15) is 23.8 Å². The molecule has 0 aliphatic rings. The SMILES string of the molecule is Cc1noc(C)c1-c1csc(-c2noc(CCC(=O)O)n2)c1. The van der Waals surface area contributed by atoms with Crippen molar-refractivity contribution in [3.05, 3.63) is 28.8 Å². The van der Waals surface area contributed by atoms with Gasteiger partial charge in [-0.05, 0) is 30.9 Å². The summed E-state index contributed by atoms with van der Waals surface area (Å²) in [5.41, 5.74) is 2.79. The fourth-order valence-corrected chi connectivity index (χ4v) is 2.97. The zero-order valence-electron chi connectivity index (χ0n) is 12.0. The number of hydrogen-bond donors (Lipinski definition) is 1. The van der Waals surface area contributed by atoms with Gasteiger partial charge in [-0.2, -0.15) is 4.98 Å². The lowest BCUT2D eigenvalue weighted by Gasteiger charge is -1.93. The molecule has 8 heteroatoms. The smallest absolute Gasteiger partial charge is 0.303 e. The Morgan fingerprint density at radius 2 is 2.14 bits per heavy atom. The summed E-state index contributed by atoms with van der Waals surface area (Å²) in [4.78, 5) is 15.6. The third-order valence-electron chi connectivity index (χ3n) is 3.16. The van der Waals surface area contributed by atoms with E-state index in [0.717, 1.165) is 27.5 Å². The van der Waals surface area contributed by atoms with Gasteiger partial charge in [0.1, 0.15) is 5.76 Å². The van der Waals surface area contributed by atoms with Crippen LogP contribution in [0.3, 0.4) is 0 Å². The zero-order chi connectivity index (χ0) is 15.7. The molecule has 22 heavy (non-hydrogen) atoms. The third-order valence-corrected chi connectivity index (χ3v) is 4.09. The van der Waals surface area contributed by atoms with Gasteiger partial charge in [0.2, 0.25) is 11.7 Å². The molecule has 0 amide bonds. The summed E-state index contributed by atoms with van der Waals surface area (Å²) in [6.45, 7) is 3.76. The number of aliphatic carboxylic acids is 1. The first-order chi connectivity index (χ1) is 10.5. The van der Waals surface area contributed by atoms with Crippen LogP contribution in [0.5, 0.6) is 0 Å². The fraction of sp³-hybridized carbons (Fsp3) is 0.286. The Bertz CT molecular complexity index is 798. The molecule has 0 radical (unpaired) electrons. The first kappa shape index (κ1) is 14.5. The standard InChI is InChI=1S/C14H13N3O4S/c1-7-13(8(2)20-16-7)9-5-10(22-6-9)14-15-11(21-17-14)3-4-12(18)19/h5-6H,3-4H2,1-2H3,(H,18,19). The van der Waals surface area contributed by atoms with E-state index in [0.29, 0.717) is 11.7 Å². The van der Waals surface area contributed by atoms with Crippen LogP contribution in [0, 0.1) is 13.8 Å². The predicted molar refractivity (Wildman–Crippen MR) is 78.5 cm³/mol. The minimum absolute atomic E-state index is 0.0313. The van der Waals surface area contributed by atoms with Crippen LogP contribution in [0.4, 0.5) is 0 Å². The normalized spacial score (nSPS) is 11.0. The highest BCUT2D eigenvalue weighted by Gasteiger charge is 2.16. The number of aromatic nitrogens is 3. The largest absolute Gasteiger partial charge is 0.481 e. The van der Waals surface area contributed by atoms with Crippen LogP contribution in [0.2, 0.25) is 0 Å². The summed E-state index contributed by atoms with van der Waals surface area (Å²) in [7, 11) is 0. The van der Waals surface area contributed by atoms with Crippen molar-refractivity contribution >= 4 is 17.3 Å². The lowest BCUT2D eigenvalue weighted by atomic mass is 10.1. The highest BCUT2D eigenvalue weighted by molar-refractivity contribution is 7.13. The van der Waals surface area contributed by atoms with E-state index in [1.54, 1.807) is 0 Å². The van der Waals surface area contributed by atoms with Gasteiger partial charge < -0.3 is 14.2 Å². The molecular weight excluding hydrogens is 306 g/mol. The van der Waals surface area contributed by atoms with E-state index in [4.69, 9.17) is 14.2 Å². The number of thiophene rings is 1. The number of nitrogens with zero attached hydrogens (tertiary/aromatic N) is 3. The van der Waals surface area contributed by atoms with E-state index in [1.807, 2.05) is 25.3 Å². The number of carboxylic acid groups (broad SMARTS) is 1. The number of hydrogen-bond acceptors (Lipinski definition) is 7. The van der Waals surface area contributed by atoms with Gasteiger partial charge >= 0.3 is 5.97 Å². The summed E-state index contributed by atoms with van der Waals surface area (Å²) in [5, 5.41) is 18.5. The van der Waals surface area contributed by atoms with Crippen LogP contribution in [-0.2, 0) is 11.2 Å². The second-order valence-corrected chi connectivity index (χ2v) is 5.72. The molecule has 0 aliphatic carbocycles. The molecule has 0 aliphatic heterocycles. The van der Waals surface area contributed by atoms with Crippen molar-refractivity contribution in [2.24, 2.45) is 0 Å². The van der Waals surface area contributed by atoms with Gasteiger partial charge in [-0.1, -0.05) is 10.3 Å². The maximum absolute atomic E-state index is 10.5. The topological polar surface area (TPSA) is 102 Å². The van der Waals surface area contributed by atoms with Gasteiger partial charge in [-0.3, -0.25) is 4.79 Å². The van der Waals surface area contributed by atoms with Gasteiger partial charge in [0.25, 0.3) is 0 Å². The molecule has 3 aromatic rings. The van der Waals surface area contributed by atoms with E-state index in [1.165, 1.54) is 11.3 Å². The molecule has 3 heterocycles. The number of rotatable bonds is 5. The van der Waals surface area contributed by atoms with E-state index in [2.05, 4.69) is 15.3 Å². The van der Waals surface area contributed by atoms with Crippen molar-refractivity contribution in [1.82, 2.24) is 15.3 Å². The lowest BCUT2D eigenvalue weighted by Crippen LogP contribution is -1.97. The van der Waals surface area contributed by atoms with Crippen molar-refractivity contribution in [2.75, 3.05) is 0 Å². The highest BCUT2D eigenvalue weighted by atomic mass is 32.1. The Hall–Kier alpha value is -2.48. The van der Waals surface area contributed by atoms with E-state index < -0.39 is 5.97 Å². The summed E-state index contributed by atoms with van der Waals surface area (Å²) in [6.07, 6.45) is 0.195. The third kappa shape index (κ3) is 2.77. The highest BCUT2D eigenvalue weighted by Crippen LogP contribution is 2.34. The number of aryl methyl sites for hydroxylation is 3. The average Bonchev–Trinajstić information content (AvgIpc) is 3.16. The Morgan fingerprint density at radius 3 is 2.82 bits per heavy atom. The Labute approximate surface area is 129 Å². The predicted octanol–water partition coefficient (Wildman–Crippen LogP) is 3.09. The van der Waals surface area contributed by atoms with Crippen molar-refractivity contribution in [2.45, 2.75) is 26.7 Å². The van der Waals surface area contributed by atoms with Crippen LogP contribution in [-0.4, -0.2) is 26.4 Å². The molecule has 114 valence electrons. The van der Waals surface area contributed by atoms with E-state index >= 15 is 0 Å². The molecule has 3 rings (SSSR count). The molecule has 3 aromatic heterocycles. The van der Waals surface area contributed by atoms with Gasteiger partial charge in [0.15, 0.2) is 0 Å². The molecule has 0 fully saturated rings. The molecule has 0 aromatic carbocycles. The van der Waals surface area contributed by atoms with Gasteiger partial charge in [0.05, 0.1) is 17.0 Å². The van der Waals surface area contributed by atoms with Crippen molar-refractivity contribution < 1.29 is 18.9 Å². The van der Waals surface area contributed by atoms with Crippen LogP contribution in [0.15, 0.2) is 20.5 Å². The van der Waals surface area contributed by atoms with Crippen LogP contribution in [0.25, 0.3) is 21.8 Å².